The Labute approximate surface area is 178 Å². The number of carbonyl (C=O) groups excluding carboxylic acids is 2. The van der Waals surface area contributed by atoms with Crippen LogP contribution < -0.4 is 10.2 Å². The monoisotopic (exact) mass is 424 g/mol. The minimum atomic E-state index is -0.599. The number of hydrogen-bond donors (Lipinski definition) is 1. The zero-order valence-electron chi connectivity index (χ0n) is 16.5. The summed E-state index contributed by atoms with van der Waals surface area (Å²) >= 11 is 5.92. The lowest BCUT2D eigenvalue weighted by molar-refractivity contribution is -0.120. The largest absolute Gasteiger partial charge is 0.324 e. The second-order valence-electron chi connectivity index (χ2n) is 7.05. The average molecular weight is 425 g/mol. The number of tetrazole rings is 1. The summed E-state index contributed by atoms with van der Waals surface area (Å²) in [6.45, 7) is 2.62. The van der Waals surface area contributed by atoms with E-state index in [0.717, 1.165) is 24.2 Å². The lowest BCUT2D eigenvalue weighted by Gasteiger charge is -2.17. The van der Waals surface area contributed by atoms with Gasteiger partial charge >= 0.3 is 0 Å². The number of halogens is 1. The van der Waals surface area contributed by atoms with Gasteiger partial charge in [0.15, 0.2) is 6.04 Å². The van der Waals surface area contributed by atoms with Crippen LogP contribution in [-0.4, -0.2) is 38.6 Å². The Morgan fingerprint density at radius 1 is 1.17 bits per heavy atom. The Bertz CT molecular complexity index is 1050. The predicted molar refractivity (Wildman–Crippen MR) is 114 cm³/mol. The van der Waals surface area contributed by atoms with E-state index in [4.69, 9.17) is 11.6 Å². The molecule has 8 nitrogen and oxygen atoms in total. The number of carbonyl (C=O) groups is 2. The van der Waals surface area contributed by atoms with Gasteiger partial charge < -0.3 is 10.2 Å². The van der Waals surface area contributed by atoms with Crippen molar-refractivity contribution in [3.05, 3.63) is 53.6 Å². The van der Waals surface area contributed by atoms with Crippen molar-refractivity contribution in [1.29, 1.82) is 0 Å². The number of rotatable bonds is 6. The summed E-state index contributed by atoms with van der Waals surface area (Å²) in [6.07, 6.45) is 1.96. The third-order valence-corrected chi connectivity index (χ3v) is 5.27. The number of anilines is 2. The molecule has 30 heavy (non-hydrogen) atoms. The number of hydrogen-bond acceptors (Lipinski definition) is 5. The molecule has 0 aliphatic carbocycles. The summed E-state index contributed by atoms with van der Waals surface area (Å²) in [7, 11) is 0. The molecule has 4 rings (SSSR count). The molecule has 2 heterocycles. The van der Waals surface area contributed by atoms with E-state index >= 15 is 0 Å². The smallest absolute Gasteiger partial charge is 0.251 e. The fraction of sp³-hybridized carbons (Fsp3) is 0.286. The van der Waals surface area contributed by atoms with Gasteiger partial charge in [-0.25, -0.2) is 0 Å². The summed E-state index contributed by atoms with van der Waals surface area (Å²) in [6, 6.07) is 13.8. The van der Waals surface area contributed by atoms with Gasteiger partial charge in [0.2, 0.25) is 11.7 Å². The lowest BCUT2D eigenvalue weighted by atomic mass is 10.2. The van der Waals surface area contributed by atoms with E-state index in [2.05, 4.69) is 20.7 Å². The van der Waals surface area contributed by atoms with Gasteiger partial charge in [0.05, 0.1) is 0 Å². The van der Waals surface area contributed by atoms with Crippen molar-refractivity contribution in [2.75, 3.05) is 16.8 Å². The number of aromatic nitrogens is 4. The maximum absolute atomic E-state index is 12.8. The molecule has 1 aromatic heterocycles. The molecule has 3 aromatic rings. The molecule has 9 heteroatoms. The Morgan fingerprint density at radius 2 is 1.90 bits per heavy atom. The van der Waals surface area contributed by atoms with Crippen molar-refractivity contribution in [1.82, 2.24) is 20.2 Å². The minimum Gasteiger partial charge on any atom is -0.324 e. The van der Waals surface area contributed by atoms with Crippen LogP contribution in [-0.2, 0) is 9.59 Å². The van der Waals surface area contributed by atoms with Crippen LogP contribution in [0.4, 0.5) is 11.4 Å². The molecule has 1 atom stereocenters. The topological polar surface area (TPSA) is 93.0 Å². The zero-order chi connectivity index (χ0) is 21.1. The van der Waals surface area contributed by atoms with Gasteiger partial charge in [-0.15, -0.1) is 10.2 Å². The van der Waals surface area contributed by atoms with Gasteiger partial charge in [0.1, 0.15) is 0 Å². The molecule has 1 aliphatic rings. The van der Waals surface area contributed by atoms with Gasteiger partial charge in [0, 0.05) is 34.9 Å². The zero-order valence-corrected chi connectivity index (χ0v) is 17.2. The first kappa shape index (κ1) is 20.0. The maximum atomic E-state index is 12.8. The first-order chi connectivity index (χ1) is 14.5. The minimum absolute atomic E-state index is 0.131. The molecule has 1 fully saturated rings. The van der Waals surface area contributed by atoms with Crippen LogP contribution in [0.25, 0.3) is 11.4 Å². The third kappa shape index (κ3) is 4.18. The Balaban J connectivity index is 1.45. The fourth-order valence-corrected chi connectivity index (χ4v) is 3.52. The van der Waals surface area contributed by atoms with E-state index in [9.17, 15) is 9.59 Å². The fourth-order valence-electron chi connectivity index (χ4n) is 3.40. The number of nitrogens with zero attached hydrogens (tertiary/aromatic N) is 5. The normalized spacial score (nSPS) is 14.7. The molecular formula is C21H21ClN6O2. The molecule has 1 unspecified atom stereocenters. The summed E-state index contributed by atoms with van der Waals surface area (Å²) in [5.74, 6) is 0.326. The average Bonchev–Trinajstić information content (AvgIpc) is 3.39. The van der Waals surface area contributed by atoms with Gasteiger partial charge in [-0.2, -0.15) is 4.80 Å². The quantitative estimate of drug-likeness (QED) is 0.651. The van der Waals surface area contributed by atoms with Crippen molar-refractivity contribution in [3.63, 3.8) is 0 Å². The molecule has 0 spiro atoms. The van der Waals surface area contributed by atoms with Crippen molar-refractivity contribution in [2.45, 2.75) is 32.2 Å². The molecule has 1 saturated heterocycles. The van der Waals surface area contributed by atoms with E-state index in [-0.39, 0.29) is 11.8 Å². The van der Waals surface area contributed by atoms with E-state index in [1.807, 2.05) is 19.1 Å². The molecule has 2 amide bonds. The summed E-state index contributed by atoms with van der Waals surface area (Å²) in [4.78, 5) is 27.8. The van der Waals surface area contributed by atoms with Crippen LogP contribution in [0.3, 0.4) is 0 Å². The summed E-state index contributed by atoms with van der Waals surface area (Å²) < 4.78 is 0. The second-order valence-corrected chi connectivity index (χ2v) is 7.49. The maximum Gasteiger partial charge on any atom is 0.251 e. The van der Waals surface area contributed by atoms with E-state index < -0.39 is 6.04 Å². The van der Waals surface area contributed by atoms with Crippen molar-refractivity contribution >= 4 is 34.8 Å². The second kappa shape index (κ2) is 8.62. The SMILES string of the molecule is CCC(C(=O)Nc1ccc(N2CCCC2=O)cc1)n1nnc(-c2ccc(Cl)cc2)n1. The number of amides is 2. The highest BCUT2D eigenvalue weighted by Crippen LogP contribution is 2.24. The standard InChI is InChI=1S/C21H21ClN6O2/c1-2-18(28-25-20(24-26-28)14-5-7-15(22)8-6-14)21(30)23-16-9-11-17(12-10-16)27-13-3-4-19(27)29/h5-12,18H,2-4,13H2,1H3,(H,23,30). The molecular weight excluding hydrogens is 404 g/mol. The van der Waals surface area contributed by atoms with E-state index in [0.29, 0.717) is 29.4 Å². The first-order valence-electron chi connectivity index (χ1n) is 9.82. The highest BCUT2D eigenvalue weighted by atomic mass is 35.5. The molecule has 154 valence electrons. The van der Waals surface area contributed by atoms with Crippen molar-refractivity contribution < 1.29 is 9.59 Å². The molecule has 2 aromatic carbocycles. The van der Waals surface area contributed by atoms with Crippen LogP contribution in [0.2, 0.25) is 5.02 Å². The van der Waals surface area contributed by atoms with Crippen LogP contribution in [0.15, 0.2) is 48.5 Å². The van der Waals surface area contributed by atoms with Crippen LogP contribution in [0.1, 0.15) is 32.2 Å². The van der Waals surface area contributed by atoms with Crippen LogP contribution >= 0.6 is 11.6 Å². The highest BCUT2D eigenvalue weighted by molar-refractivity contribution is 6.30. The Hall–Kier alpha value is -3.26. The summed E-state index contributed by atoms with van der Waals surface area (Å²) in [5.41, 5.74) is 2.26. The van der Waals surface area contributed by atoms with Crippen LogP contribution in [0.5, 0.6) is 0 Å². The lowest BCUT2D eigenvalue weighted by Crippen LogP contribution is -2.27. The van der Waals surface area contributed by atoms with E-state index in [1.54, 1.807) is 41.3 Å². The van der Waals surface area contributed by atoms with Crippen LogP contribution in [0, 0.1) is 0 Å². The number of benzene rings is 2. The van der Waals surface area contributed by atoms with Gasteiger partial charge in [-0.05, 0) is 66.6 Å². The highest BCUT2D eigenvalue weighted by Gasteiger charge is 2.23. The predicted octanol–water partition coefficient (Wildman–Crippen LogP) is 3.71. The number of nitrogens with one attached hydrogen (secondary N) is 1. The Kier molecular flexibility index (Phi) is 5.76. The summed E-state index contributed by atoms with van der Waals surface area (Å²) in [5, 5.41) is 16.0. The molecule has 1 aliphatic heterocycles. The first-order valence-corrected chi connectivity index (χ1v) is 10.2. The van der Waals surface area contributed by atoms with Gasteiger partial charge in [0.25, 0.3) is 5.91 Å². The van der Waals surface area contributed by atoms with Crippen molar-refractivity contribution in [2.24, 2.45) is 0 Å². The van der Waals surface area contributed by atoms with E-state index in [1.165, 1.54) is 4.80 Å². The molecule has 0 radical (unpaired) electrons. The van der Waals surface area contributed by atoms with Gasteiger partial charge in [-0.1, -0.05) is 18.5 Å². The third-order valence-electron chi connectivity index (χ3n) is 5.02. The van der Waals surface area contributed by atoms with Crippen molar-refractivity contribution in [3.8, 4) is 11.4 Å². The molecule has 0 bridgehead atoms. The Morgan fingerprint density at radius 3 is 2.53 bits per heavy atom. The molecule has 0 saturated carbocycles. The molecule has 1 N–H and O–H groups in total. The van der Waals surface area contributed by atoms with Gasteiger partial charge in [-0.3, -0.25) is 9.59 Å².